The fourth-order valence-electron chi connectivity index (χ4n) is 1.76. The minimum atomic E-state index is 0.925. The molecule has 0 aliphatic rings. The van der Waals surface area contributed by atoms with Gasteiger partial charge in [-0.25, -0.2) is 0 Å². The second-order valence-corrected chi connectivity index (χ2v) is 3.75. The van der Waals surface area contributed by atoms with Crippen LogP contribution in [0.25, 0.3) is 0 Å². The normalized spacial score (nSPS) is 10.6. The van der Waals surface area contributed by atoms with E-state index in [1.807, 2.05) is 21.1 Å². The molecule has 3 nitrogen and oxygen atoms in total. The van der Waals surface area contributed by atoms with Gasteiger partial charge in [0.25, 0.3) is 0 Å². The molecular weight excluding hydrogens is 186 g/mol. The summed E-state index contributed by atoms with van der Waals surface area (Å²) < 4.78 is 0. The Balaban J connectivity index is 2.86. The van der Waals surface area contributed by atoms with Gasteiger partial charge in [-0.1, -0.05) is 18.2 Å². The fourth-order valence-corrected chi connectivity index (χ4v) is 1.76. The number of rotatable bonds is 6. The molecule has 15 heavy (non-hydrogen) atoms. The Hall–Kier alpha value is -0.900. The smallest absolute Gasteiger partial charge is 0.0202 e. The van der Waals surface area contributed by atoms with Gasteiger partial charge in [0.1, 0.15) is 0 Å². The number of nitrogens with one attached hydrogen (secondary N) is 3. The molecule has 0 radical (unpaired) electrons. The van der Waals surface area contributed by atoms with E-state index < -0.39 is 0 Å². The predicted molar refractivity (Wildman–Crippen MR) is 64.7 cm³/mol. The van der Waals surface area contributed by atoms with Crippen molar-refractivity contribution >= 4 is 0 Å². The maximum absolute atomic E-state index is 3.18. The third-order valence-corrected chi connectivity index (χ3v) is 2.26. The summed E-state index contributed by atoms with van der Waals surface area (Å²) in [4.78, 5) is 0. The van der Waals surface area contributed by atoms with E-state index in [1.165, 1.54) is 16.7 Å². The summed E-state index contributed by atoms with van der Waals surface area (Å²) in [6.45, 7) is 2.77. The lowest BCUT2D eigenvalue weighted by atomic mass is 10.1. The van der Waals surface area contributed by atoms with Crippen molar-refractivity contribution in [2.24, 2.45) is 0 Å². The largest absolute Gasteiger partial charge is 0.316 e. The van der Waals surface area contributed by atoms with Gasteiger partial charge in [0.2, 0.25) is 0 Å². The Morgan fingerprint density at radius 2 is 0.933 bits per heavy atom. The zero-order valence-corrected chi connectivity index (χ0v) is 9.85. The van der Waals surface area contributed by atoms with Gasteiger partial charge < -0.3 is 16.0 Å². The molecule has 0 spiro atoms. The standard InChI is InChI=1S/C12H21N3/c1-13-7-10-4-11(8-14-2)6-12(5-10)9-15-3/h4-6,13-15H,7-9H2,1-3H3. The highest BCUT2D eigenvalue weighted by molar-refractivity contribution is 5.30. The molecule has 3 heteroatoms. The summed E-state index contributed by atoms with van der Waals surface area (Å²) >= 11 is 0. The van der Waals surface area contributed by atoms with Crippen LogP contribution in [0, 0.1) is 0 Å². The van der Waals surface area contributed by atoms with Crippen LogP contribution in [0.3, 0.4) is 0 Å². The second-order valence-electron chi connectivity index (χ2n) is 3.75. The Morgan fingerprint density at radius 3 is 1.13 bits per heavy atom. The quantitative estimate of drug-likeness (QED) is 0.647. The summed E-state index contributed by atoms with van der Waals surface area (Å²) in [5.41, 5.74) is 4.03. The Labute approximate surface area is 92.3 Å². The van der Waals surface area contributed by atoms with Crippen molar-refractivity contribution in [1.82, 2.24) is 16.0 Å². The Kier molecular flexibility index (Phi) is 5.32. The minimum absolute atomic E-state index is 0.925. The van der Waals surface area contributed by atoms with Crippen LogP contribution in [0.1, 0.15) is 16.7 Å². The van der Waals surface area contributed by atoms with E-state index in [0.717, 1.165) is 19.6 Å². The molecule has 0 amide bonds. The number of hydrogen-bond donors (Lipinski definition) is 3. The lowest BCUT2D eigenvalue weighted by Gasteiger charge is -2.09. The Morgan fingerprint density at radius 1 is 0.667 bits per heavy atom. The molecule has 0 atom stereocenters. The van der Waals surface area contributed by atoms with Crippen LogP contribution in [0.2, 0.25) is 0 Å². The summed E-state index contributed by atoms with van der Waals surface area (Å²) in [5, 5.41) is 9.55. The van der Waals surface area contributed by atoms with E-state index in [4.69, 9.17) is 0 Å². The summed E-state index contributed by atoms with van der Waals surface area (Å²) in [5.74, 6) is 0. The third kappa shape index (κ3) is 4.00. The maximum atomic E-state index is 3.18. The lowest BCUT2D eigenvalue weighted by molar-refractivity contribution is 0.777. The van der Waals surface area contributed by atoms with Gasteiger partial charge in [0, 0.05) is 19.6 Å². The highest BCUT2D eigenvalue weighted by Crippen LogP contribution is 2.10. The van der Waals surface area contributed by atoms with E-state index in [9.17, 15) is 0 Å². The van der Waals surface area contributed by atoms with Crippen LogP contribution in [0.4, 0.5) is 0 Å². The molecular formula is C12H21N3. The van der Waals surface area contributed by atoms with E-state index in [0.29, 0.717) is 0 Å². The molecule has 0 aromatic heterocycles. The zero-order chi connectivity index (χ0) is 11.1. The van der Waals surface area contributed by atoms with Gasteiger partial charge >= 0.3 is 0 Å². The van der Waals surface area contributed by atoms with Crippen LogP contribution in [0.15, 0.2) is 18.2 Å². The lowest BCUT2D eigenvalue weighted by Crippen LogP contribution is -2.11. The van der Waals surface area contributed by atoms with Crippen molar-refractivity contribution in [3.05, 3.63) is 34.9 Å². The monoisotopic (exact) mass is 207 g/mol. The third-order valence-electron chi connectivity index (χ3n) is 2.26. The fraction of sp³-hybridized carbons (Fsp3) is 0.500. The molecule has 0 aliphatic heterocycles. The highest BCUT2D eigenvalue weighted by atomic mass is 14.8. The molecule has 0 saturated heterocycles. The molecule has 1 aromatic rings. The average molecular weight is 207 g/mol. The molecule has 0 heterocycles. The number of benzene rings is 1. The molecule has 0 saturated carbocycles. The van der Waals surface area contributed by atoms with Crippen LogP contribution in [-0.2, 0) is 19.6 Å². The molecule has 3 N–H and O–H groups in total. The molecule has 1 rings (SSSR count). The second kappa shape index (κ2) is 6.56. The SMILES string of the molecule is CNCc1cc(CNC)cc(CNC)c1. The first-order valence-electron chi connectivity index (χ1n) is 5.35. The van der Waals surface area contributed by atoms with Crippen LogP contribution in [0.5, 0.6) is 0 Å². The van der Waals surface area contributed by atoms with Gasteiger partial charge in [-0.3, -0.25) is 0 Å². The van der Waals surface area contributed by atoms with Crippen LogP contribution < -0.4 is 16.0 Å². The topological polar surface area (TPSA) is 36.1 Å². The molecule has 0 fully saturated rings. The minimum Gasteiger partial charge on any atom is -0.316 e. The average Bonchev–Trinajstić information content (AvgIpc) is 2.19. The highest BCUT2D eigenvalue weighted by Gasteiger charge is 1.99. The van der Waals surface area contributed by atoms with Crippen molar-refractivity contribution in [3.63, 3.8) is 0 Å². The van der Waals surface area contributed by atoms with Gasteiger partial charge in [-0.15, -0.1) is 0 Å². The van der Waals surface area contributed by atoms with Crippen molar-refractivity contribution in [2.75, 3.05) is 21.1 Å². The van der Waals surface area contributed by atoms with Gasteiger partial charge in [-0.05, 0) is 37.8 Å². The van der Waals surface area contributed by atoms with Crippen molar-refractivity contribution in [1.29, 1.82) is 0 Å². The van der Waals surface area contributed by atoms with Crippen molar-refractivity contribution < 1.29 is 0 Å². The molecule has 1 aromatic carbocycles. The number of hydrogen-bond acceptors (Lipinski definition) is 3. The van der Waals surface area contributed by atoms with E-state index in [-0.39, 0.29) is 0 Å². The van der Waals surface area contributed by atoms with Gasteiger partial charge in [0.15, 0.2) is 0 Å². The predicted octanol–water partition coefficient (Wildman–Crippen LogP) is 0.845. The zero-order valence-electron chi connectivity index (χ0n) is 9.85. The maximum Gasteiger partial charge on any atom is 0.0202 e. The Bertz CT molecular complexity index is 237. The first-order chi connectivity index (χ1) is 7.30. The first kappa shape index (κ1) is 12.2. The van der Waals surface area contributed by atoms with E-state index in [2.05, 4.69) is 34.1 Å². The van der Waals surface area contributed by atoms with Gasteiger partial charge in [-0.2, -0.15) is 0 Å². The first-order valence-corrected chi connectivity index (χ1v) is 5.35. The molecule has 0 bridgehead atoms. The van der Waals surface area contributed by atoms with Crippen LogP contribution in [-0.4, -0.2) is 21.1 Å². The van der Waals surface area contributed by atoms with Crippen molar-refractivity contribution in [2.45, 2.75) is 19.6 Å². The van der Waals surface area contributed by atoms with Crippen molar-refractivity contribution in [3.8, 4) is 0 Å². The van der Waals surface area contributed by atoms with E-state index in [1.54, 1.807) is 0 Å². The van der Waals surface area contributed by atoms with Gasteiger partial charge in [0.05, 0.1) is 0 Å². The summed E-state index contributed by atoms with van der Waals surface area (Å²) in [6.07, 6.45) is 0. The van der Waals surface area contributed by atoms with Crippen LogP contribution >= 0.6 is 0 Å². The van der Waals surface area contributed by atoms with E-state index >= 15 is 0 Å². The summed E-state index contributed by atoms with van der Waals surface area (Å²) in [7, 11) is 5.92. The summed E-state index contributed by atoms with van der Waals surface area (Å²) in [6, 6.07) is 6.73. The molecule has 0 unspecified atom stereocenters. The molecule has 84 valence electrons. The molecule has 0 aliphatic carbocycles.